The van der Waals surface area contributed by atoms with Crippen molar-refractivity contribution >= 4 is 29.3 Å². The predicted molar refractivity (Wildman–Crippen MR) is 182 cm³/mol. The zero-order valence-electron chi connectivity index (χ0n) is 26.5. The molecule has 2 heterocycles. The number of amides is 1. The molecular formula is C37H36FN5O2S. The van der Waals surface area contributed by atoms with Gasteiger partial charge in [-0.25, -0.2) is 9.07 Å². The molecule has 9 heteroatoms. The number of nitrogens with one attached hydrogen (secondary N) is 2. The number of rotatable bonds is 9. The van der Waals surface area contributed by atoms with Crippen molar-refractivity contribution in [2.75, 3.05) is 10.6 Å². The van der Waals surface area contributed by atoms with E-state index in [0.717, 1.165) is 28.1 Å². The van der Waals surface area contributed by atoms with Crippen molar-refractivity contribution in [2.24, 2.45) is 0 Å². The fourth-order valence-corrected chi connectivity index (χ4v) is 6.35. The average molecular weight is 634 g/mol. The predicted octanol–water partition coefficient (Wildman–Crippen LogP) is 8.45. The number of carbonyl (C=O) groups is 1. The molecule has 1 atom stereocenters. The Morgan fingerprint density at radius 3 is 2.37 bits per heavy atom. The molecule has 46 heavy (non-hydrogen) atoms. The van der Waals surface area contributed by atoms with Gasteiger partial charge in [-0.1, -0.05) is 72.4 Å². The van der Waals surface area contributed by atoms with Crippen molar-refractivity contribution < 1.29 is 13.9 Å². The average Bonchev–Trinajstić information content (AvgIpc) is 3.44. The molecule has 1 aromatic heterocycles. The van der Waals surface area contributed by atoms with Crippen molar-refractivity contribution in [3.8, 4) is 5.75 Å². The van der Waals surface area contributed by atoms with E-state index < -0.39 is 6.04 Å². The SMILES string of the molecule is CC1=C(C(=O)Nc2ccccc2C)C(c2ccc(OCc3cc(C)c(C)cc3C)cc2)n2nc(SCc3ccccc3F)nc2N1. The number of benzene rings is 4. The standard InChI is InChI=1S/C37H36FN5O2S/c1-22-10-6-9-13-32(22)40-35(44)33-26(5)39-36-41-37(46-21-28-11-7-8-12-31(28)38)42-43(36)34(33)27-14-16-30(17-15-27)45-20-29-19-24(3)23(2)18-25(29)4/h6-19,34H,20-21H2,1-5H3,(H,40,44)(H,39,41,42). The molecule has 0 fully saturated rings. The van der Waals surface area contributed by atoms with Crippen LogP contribution in [0.3, 0.4) is 0 Å². The maximum absolute atomic E-state index is 14.3. The molecule has 1 aliphatic rings. The van der Waals surface area contributed by atoms with Crippen LogP contribution in [-0.2, 0) is 17.2 Å². The number of aryl methyl sites for hydroxylation is 4. The first-order chi connectivity index (χ1) is 22.2. The van der Waals surface area contributed by atoms with Crippen LogP contribution < -0.4 is 15.4 Å². The van der Waals surface area contributed by atoms with Gasteiger partial charge in [-0.05, 0) is 97.8 Å². The number of carbonyl (C=O) groups excluding carboxylic acids is 1. The minimum atomic E-state index is -0.563. The van der Waals surface area contributed by atoms with Gasteiger partial charge in [-0.15, -0.1) is 5.10 Å². The van der Waals surface area contributed by atoms with Crippen LogP contribution in [-0.4, -0.2) is 20.7 Å². The van der Waals surface area contributed by atoms with Gasteiger partial charge in [0.15, 0.2) is 0 Å². The normalized spacial score (nSPS) is 14.1. The molecule has 0 spiro atoms. The fourth-order valence-electron chi connectivity index (χ4n) is 5.54. The molecule has 1 amide bonds. The number of nitrogens with zero attached hydrogens (tertiary/aromatic N) is 3. The highest BCUT2D eigenvalue weighted by atomic mass is 32.2. The Morgan fingerprint density at radius 2 is 1.61 bits per heavy atom. The molecule has 0 radical (unpaired) electrons. The number of ether oxygens (including phenoxy) is 1. The van der Waals surface area contributed by atoms with Gasteiger partial charge in [0.2, 0.25) is 11.1 Å². The van der Waals surface area contributed by atoms with Crippen LogP contribution >= 0.6 is 11.8 Å². The molecule has 1 aliphatic heterocycles. The maximum atomic E-state index is 14.3. The van der Waals surface area contributed by atoms with Gasteiger partial charge in [-0.3, -0.25) is 4.79 Å². The summed E-state index contributed by atoms with van der Waals surface area (Å²) in [6, 6.07) is 25.9. The molecule has 0 aliphatic carbocycles. The molecular weight excluding hydrogens is 598 g/mol. The number of para-hydroxylation sites is 1. The second-order valence-electron chi connectivity index (χ2n) is 11.6. The summed E-state index contributed by atoms with van der Waals surface area (Å²) in [7, 11) is 0. The minimum absolute atomic E-state index is 0.239. The maximum Gasteiger partial charge on any atom is 0.255 e. The Bertz CT molecular complexity index is 1950. The molecule has 7 nitrogen and oxygen atoms in total. The highest BCUT2D eigenvalue weighted by molar-refractivity contribution is 7.98. The van der Waals surface area contributed by atoms with E-state index in [2.05, 4.69) is 43.5 Å². The third kappa shape index (κ3) is 6.55. The van der Waals surface area contributed by atoms with E-state index in [1.54, 1.807) is 16.8 Å². The van der Waals surface area contributed by atoms with Gasteiger partial charge in [0.25, 0.3) is 5.91 Å². The third-order valence-corrected chi connectivity index (χ3v) is 9.21. The summed E-state index contributed by atoms with van der Waals surface area (Å²) in [5, 5.41) is 11.7. The summed E-state index contributed by atoms with van der Waals surface area (Å²) in [5.41, 5.74) is 9.15. The molecule has 4 aromatic carbocycles. The number of thioether (sulfide) groups is 1. The largest absolute Gasteiger partial charge is 0.489 e. The molecule has 234 valence electrons. The van der Waals surface area contributed by atoms with E-state index in [1.807, 2.05) is 68.4 Å². The van der Waals surface area contributed by atoms with Gasteiger partial charge in [0.05, 0.1) is 5.57 Å². The van der Waals surface area contributed by atoms with Crippen LogP contribution in [0.1, 0.15) is 51.9 Å². The Morgan fingerprint density at radius 1 is 0.891 bits per heavy atom. The number of hydrogen-bond donors (Lipinski definition) is 2. The van der Waals surface area contributed by atoms with E-state index in [0.29, 0.717) is 40.3 Å². The zero-order chi connectivity index (χ0) is 32.4. The summed E-state index contributed by atoms with van der Waals surface area (Å²) < 4.78 is 22.2. The number of fused-ring (bicyclic) bond motifs is 1. The molecule has 1 unspecified atom stereocenters. The van der Waals surface area contributed by atoms with Gasteiger partial charge >= 0.3 is 0 Å². The van der Waals surface area contributed by atoms with Crippen molar-refractivity contribution in [3.05, 3.63) is 141 Å². The highest BCUT2D eigenvalue weighted by Crippen LogP contribution is 2.38. The summed E-state index contributed by atoms with van der Waals surface area (Å²) in [6.45, 7) is 10.6. The monoisotopic (exact) mass is 633 g/mol. The molecule has 5 aromatic rings. The summed E-state index contributed by atoms with van der Waals surface area (Å²) in [4.78, 5) is 18.7. The number of halogens is 1. The first kappa shape index (κ1) is 31.1. The lowest BCUT2D eigenvalue weighted by molar-refractivity contribution is -0.113. The van der Waals surface area contributed by atoms with Crippen LogP contribution in [0.25, 0.3) is 0 Å². The first-order valence-corrected chi connectivity index (χ1v) is 16.1. The molecule has 0 saturated heterocycles. The number of aromatic nitrogens is 3. The van der Waals surface area contributed by atoms with Crippen LogP contribution in [0.4, 0.5) is 16.0 Å². The smallest absolute Gasteiger partial charge is 0.255 e. The Labute approximate surface area is 272 Å². The highest BCUT2D eigenvalue weighted by Gasteiger charge is 2.34. The number of anilines is 2. The van der Waals surface area contributed by atoms with Crippen LogP contribution in [0.15, 0.2) is 101 Å². The Hall–Kier alpha value is -4.89. The lowest BCUT2D eigenvalue weighted by atomic mass is 9.95. The van der Waals surface area contributed by atoms with E-state index in [4.69, 9.17) is 14.8 Å². The quantitative estimate of drug-likeness (QED) is 0.159. The van der Waals surface area contributed by atoms with Gasteiger partial charge < -0.3 is 15.4 Å². The van der Waals surface area contributed by atoms with E-state index in [-0.39, 0.29) is 11.7 Å². The first-order valence-electron chi connectivity index (χ1n) is 15.1. The van der Waals surface area contributed by atoms with Gasteiger partial charge in [0, 0.05) is 17.1 Å². The third-order valence-electron chi connectivity index (χ3n) is 8.33. The van der Waals surface area contributed by atoms with Crippen LogP contribution in [0, 0.1) is 33.5 Å². The number of hydrogen-bond acceptors (Lipinski definition) is 6. The molecule has 6 rings (SSSR count). The lowest BCUT2D eigenvalue weighted by Crippen LogP contribution is -2.31. The Balaban J connectivity index is 1.30. The molecule has 0 saturated carbocycles. The second-order valence-corrected chi connectivity index (χ2v) is 12.5. The van der Waals surface area contributed by atoms with Crippen molar-refractivity contribution in [2.45, 2.75) is 58.2 Å². The summed E-state index contributed by atoms with van der Waals surface area (Å²) in [6.07, 6.45) is 0. The summed E-state index contributed by atoms with van der Waals surface area (Å²) >= 11 is 1.34. The van der Waals surface area contributed by atoms with E-state index in [1.165, 1.54) is 34.5 Å². The topological polar surface area (TPSA) is 81.1 Å². The molecule has 2 N–H and O–H groups in total. The zero-order valence-corrected chi connectivity index (χ0v) is 27.3. The lowest BCUT2D eigenvalue weighted by Gasteiger charge is -2.29. The minimum Gasteiger partial charge on any atom is -0.489 e. The van der Waals surface area contributed by atoms with Gasteiger partial charge in [0.1, 0.15) is 24.2 Å². The summed E-state index contributed by atoms with van der Waals surface area (Å²) in [5.74, 6) is 1.10. The van der Waals surface area contributed by atoms with Crippen molar-refractivity contribution in [1.29, 1.82) is 0 Å². The van der Waals surface area contributed by atoms with Crippen molar-refractivity contribution in [1.82, 2.24) is 14.8 Å². The van der Waals surface area contributed by atoms with E-state index >= 15 is 0 Å². The van der Waals surface area contributed by atoms with Gasteiger partial charge in [-0.2, -0.15) is 4.98 Å². The van der Waals surface area contributed by atoms with E-state index in [9.17, 15) is 9.18 Å². The van der Waals surface area contributed by atoms with Crippen LogP contribution in [0.2, 0.25) is 0 Å². The second kappa shape index (κ2) is 13.2. The number of allylic oxidation sites excluding steroid dienone is 1. The Kier molecular flexibility index (Phi) is 8.94. The van der Waals surface area contributed by atoms with Crippen LogP contribution in [0.5, 0.6) is 5.75 Å². The fraction of sp³-hybridized carbons (Fsp3) is 0.216. The molecule has 0 bridgehead atoms. The van der Waals surface area contributed by atoms with Crippen molar-refractivity contribution in [3.63, 3.8) is 0 Å².